The van der Waals surface area contributed by atoms with E-state index in [-0.39, 0.29) is 5.41 Å². The van der Waals surface area contributed by atoms with E-state index in [1.807, 2.05) is 32.3 Å². The molecule has 1 aromatic rings. The molecule has 0 atom stereocenters. The average molecular weight is 181 g/mol. The lowest BCUT2D eigenvalue weighted by Crippen LogP contribution is -2.39. The van der Waals surface area contributed by atoms with Crippen LogP contribution < -0.4 is 11.1 Å². The molecule has 1 aromatic heterocycles. The van der Waals surface area contributed by atoms with Crippen molar-refractivity contribution in [2.75, 3.05) is 6.54 Å². The quantitative estimate of drug-likeness (QED) is 0.638. The molecule has 0 radical (unpaired) electrons. The highest BCUT2D eigenvalue weighted by Gasteiger charge is 2.20. The first-order chi connectivity index (χ1) is 6.02. The van der Waals surface area contributed by atoms with Crippen molar-refractivity contribution in [2.24, 2.45) is 5.73 Å². The van der Waals surface area contributed by atoms with Crippen molar-refractivity contribution in [3.05, 3.63) is 24.0 Å². The van der Waals surface area contributed by atoms with Crippen LogP contribution in [0.15, 0.2) is 18.5 Å². The topological polar surface area (TPSA) is 70.9 Å². The van der Waals surface area contributed by atoms with Gasteiger partial charge in [-0.1, -0.05) is 13.8 Å². The Balaban J connectivity index is 2.61. The maximum absolute atomic E-state index is 10.5. The van der Waals surface area contributed by atoms with Crippen molar-refractivity contribution in [3.8, 4) is 0 Å². The minimum atomic E-state index is -0.483. The summed E-state index contributed by atoms with van der Waals surface area (Å²) in [5, 5.41) is 2.60. The number of primary amides is 1. The van der Waals surface area contributed by atoms with Gasteiger partial charge in [0.1, 0.15) is 0 Å². The zero-order valence-electron chi connectivity index (χ0n) is 7.92. The summed E-state index contributed by atoms with van der Waals surface area (Å²) in [6.45, 7) is 4.64. The monoisotopic (exact) mass is 181 g/mol. The molecular weight excluding hydrogens is 166 g/mol. The van der Waals surface area contributed by atoms with Crippen LogP contribution in [0.3, 0.4) is 0 Å². The van der Waals surface area contributed by atoms with Crippen molar-refractivity contribution < 1.29 is 4.79 Å². The summed E-state index contributed by atoms with van der Waals surface area (Å²) in [6, 6.07) is 1.51. The van der Waals surface area contributed by atoms with Crippen molar-refractivity contribution in [3.63, 3.8) is 0 Å². The summed E-state index contributed by atoms with van der Waals surface area (Å²) < 4.78 is 0. The lowest BCUT2D eigenvalue weighted by Gasteiger charge is -2.23. The van der Waals surface area contributed by atoms with Crippen molar-refractivity contribution in [1.29, 1.82) is 0 Å². The van der Waals surface area contributed by atoms with Crippen LogP contribution >= 0.6 is 0 Å². The molecule has 0 unspecified atom stereocenters. The van der Waals surface area contributed by atoms with Gasteiger partial charge in [-0.05, 0) is 11.6 Å². The highest BCUT2D eigenvalue weighted by molar-refractivity contribution is 5.71. The lowest BCUT2D eigenvalue weighted by molar-refractivity contribution is 0.246. The zero-order valence-corrected chi connectivity index (χ0v) is 7.92. The van der Waals surface area contributed by atoms with Crippen molar-refractivity contribution >= 4 is 6.03 Å². The Labute approximate surface area is 77.5 Å². The Morgan fingerprint density at radius 3 is 2.85 bits per heavy atom. The number of rotatable bonds is 3. The van der Waals surface area contributed by atoms with Gasteiger partial charge in [0.2, 0.25) is 0 Å². The van der Waals surface area contributed by atoms with Gasteiger partial charge in [-0.15, -0.1) is 0 Å². The third kappa shape index (κ3) is 2.50. The van der Waals surface area contributed by atoms with Crippen LogP contribution in [0, 0.1) is 0 Å². The lowest BCUT2D eigenvalue weighted by atomic mass is 9.86. The van der Waals surface area contributed by atoms with Gasteiger partial charge in [-0.3, -0.25) is 0 Å². The number of carbonyl (C=O) groups is 1. The Bertz CT molecular complexity index is 277. The number of nitrogens with two attached hydrogens (primary N) is 1. The summed E-state index contributed by atoms with van der Waals surface area (Å²) >= 11 is 0. The van der Waals surface area contributed by atoms with Gasteiger partial charge in [0.05, 0.1) is 0 Å². The van der Waals surface area contributed by atoms with Crippen LogP contribution in [-0.4, -0.2) is 17.6 Å². The van der Waals surface area contributed by atoms with E-state index in [1.165, 1.54) is 0 Å². The molecule has 2 amide bonds. The molecule has 0 saturated carbocycles. The Hall–Kier alpha value is -1.45. The summed E-state index contributed by atoms with van der Waals surface area (Å²) in [4.78, 5) is 13.5. The summed E-state index contributed by atoms with van der Waals surface area (Å²) in [5.41, 5.74) is 6.06. The molecule has 4 N–H and O–H groups in total. The fourth-order valence-corrected chi connectivity index (χ4v) is 1.16. The fourth-order valence-electron chi connectivity index (χ4n) is 1.16. The Morgan fingerprint density at radius 2 is 2.38 bits per heavy atom. The van der Waals surface area contributed by atoms with Crippen LogP contribution in [0.4, 0.5) is 4.79 Å². The van der Waals surface area contributed by atoms with E-state index in [0.29, 0.717) is 6.54 Å². The first-order valence-electron chi connectivity index (χ1n) is 4.19. The van der Waals surface area contributed by atoms with Crippen LogP contribution in [0.25, 0.3) is 0 Å². The first kappa shape index (κ1) is 9.64. The number of hydrogen-bond donors (Lipinski definition) is 3. The first-order valence-corrected chi connectivity index (χ1v) is 4.19. The van der Waals surface area contributed by atoms with Gasteiger partial charge in [-0.25, -0.2) is 4.79 Å². The largest absolute Gasteiger partial charge is 0.367 e. The highest BCUT2D eigenvalue weighted by Crippen LogP contribution is 2.21. The molecule has 0 aliphatic rings. The van der Waals surface area contributed by atoms with Crippen LogP contribution in [0.2, 0.25) is 0 Å². The third-order valence-electron chi connectivity index (χ3n) is 2.08. The van der Waals surface area contributed by atoms with Crippen LogP contribution in [0.1, 0.15) is 19.4 Å². The van der Waals surface area contributed by atoms with Gasteiger partial charge in [0.25, 0.3) is 0 Å². The van der Waals surface area contributed by atoms with E-state index in [9.17, 15) is 4.79 Å². The molecule has 13 heavy (non-hydrogen) atoms. The number of aromatic amines is 1. The Morgan fingerprint density at radius 1 is 1.69 bits per heavy atom. The number of aromatic nitrogens is 1. The fraction of sp³-hybridized carbons (Fsp3) is 0.444. The number of H-pyrrole nitrogens is 1. The van der Waals surface area contributed by atoms with Crippen LogP contribution in [-0.2, 0) is 5.41 Å². The molecule has 1 heterocycles. The second-order valence-corrected chi connectivity index (χ2v) is 3.70. The number of amides is 2. The molecule has 1 rings (SSSR count). The minimum absolute atomic E-state index is 0.0883. The smallest absolute Gasteiger partial charge is 0.312 e. The predicted molar refractivity (Wildman–Crippen MR) is 51.4 cm³/mol. The van der Waals surface area contributed by atoms with E-state index < -0.39 is 6.03 Å². The van der Waals surface area contributed by atoms with E-state index in [4.69, 9.17) is 5.73 Å². The molecular formula is C9H15N3O. The van der Waals surface area contributed by atoms with Crippen LogP contribution in [0.5, 0.6) is 0 Å². The van der Waals surface area contributed by atoms with Crippen molar-refractivity contribution in [2.45, 2.75) is 19.3 Å². The summed E-state index contributed by atoms with van der Waals surface area (Å²) in [7, 11) is 0. The molecule has 0 saturated heterocycles. The maximum Gasteiger partial charge on any atom is 0.312 e. The molecule has 4 heteroatoms. The summed E-state index contributed by atoms with van der Waals surface area (Å²) in [5.74, 6) is 0. The van der Waals surface area contributed by atoms with Crippen molar-refractivity contribution in [1.82, 2.24) is 10.3 Å². The van der Waals surface area contributed by atoms with E-state index in [2.05, 4.69) is 10.3 Å². The zero-order chi connectivity index (χ0) is 9.90. The summed E-state index contributed by atoms with van der Waals surface area (Å²) in [6.07, 6.45) is 3.78. The van der Waals surface area contributed by atoms with E-state index in [0.717, 1.165) is 5.56 Å². The minimum Gasteiger partial charge on any atom is -0.367 e. The normalized spacial score (nSPS) is 11.2. The van der Waals surface area contributed by atoms with Gasteiger partial charge in [0.15, 0.2) is 0 Å². The number of urea groups is 1. The van der Waals surface area contributed by atoms with Gasteiger partial charge >= 0.3 is 6.03 Å². The Kier molecular flexibility index (Phi) is 2.60. The second kappa shape index (κ2) is 3.51. The third-order valence-corrected chi connectivity index (χ3v) is 2.08. The molecule has 0 aliphatic carbocycles. The maximum atomic E-state index is 10.5. The molecule has 0 fully saturated rings. The molecule has 72 valence electrons. The van der Waals surface area contributed by atoms with Gasteiger partial charge in [-0.2, -0.15) is 0 Å². The molecule has 0 spiro atoms. The molecule has 0 aliphatic heterocycles. The molecule has 4 nitrogen and oxygen atoms in total. The standard InChI is InChI=1S/C9H15N3O/c1-9(2,6-12-8(10)13)7-3-4-11-5-7/h3-5,11H,6H2,1-2H3,(H3,10,12,13). The highest BCUT2D eigenvalue weighted by atomic mass is 16.2. The van der Waals surface area contributed by atoms with Gasteiger partial charge < -0.3 is 16.0 Å². The average Bonchev–Trinajstić information content (AvgIpc) is 2.53. The van der Waals surface area contributed by atoms with Gasteiger partial charge in [0, 0.05) is 24.4 Å². The number of hydrogen-bond acceptors (Lipinski definition) is 1. The van der Waals surface area contributed by atoms with E-state index >= 15 is 0 Å². The molecule has 0 aromatic carbocycles. The number of carbonyl (C=O) groups excluding carboxylic acids is 1. The predicted octanol–water partition coefficient (Wildman–Crippen LogP) is 0.961. The molecule has 0 bridgehead atoms. The van der Waals surface area contributed by atoms with E-state index in [1.54, 1.807) is 0 Å². The number of nitrogens with one attached hydrogen (secondary N) is 2. The SMILES string of the molecule is CC(C)(CNC(N)=O)c1cc[nH]c1. The second-order valence-electron chi connectivity index (χ2n) is 3.70.